The summed E-state index contributed by atoms with van der Waals surface area (Å²) in [4.78, 5) is 0. The van der Waals surface area contributed by atoms with Gasteiger partial charge in [0.1, 0.15) is 0 Å². The number of unbranched alkanes of at least 4 members (excludes halogenated alkanes) is 3. The van der Waals surface area contributed by atoms with E-state index in [2.05, 4.69) is 26.1 Å². The summed E-state index contributed by atoms with van der Waals surface area (Å²) in [6.07, 6.45) is 6.12. The van der Waals surface area contributed by atoms with E-state index in [1.165, 1.54) is 25.7 Å². The SMILES string of the molecule is CCCCCCNC(C)(CC)CO. The Morgan fingerprint density at radius 1 is 1.15 bits per heavy atom. The number of nitrogens with one attached hydrogen (secondary N) is 1. The standard InChI is InChI=1S/C11H25NO/c1-4-6-7-8-9-12-11(3,5-2)10-13/h12-13H,4-10H2,1-3H3. The second-order valence-corrected chi connectivity index (χ2v) is 4.06. The maximum absolute atomic E-state index is 9.13. The lowest BCUT2D eigenvalue weighted by molar-refractivity contribution is 0.170. The van der Waals surface area contributed by atoms with Crippen LogP contribution in [0.15, 0.2) is 0 Å². The summed E-state index contributed by atoms with van der Waals surface area (Å²) in [7, 11) is 0. The average molecular weight is 187 g/mol. The molecule has 0 saturated heterocycles. The van der Waals surface area contributed by atoms with Crippen molar-refractivity contribution in [2.45, 2.75) is 58.4 Å². The van der Waals surface area contributed by atoms with Crippen molar-refractivity contribution in [3.63, 3.8) is 0 Å². The lowest BCUT2D eigenvalue weighted by Crippen LogP contribution is -2.45. The van der Waals surface area contributed by atoms with Gasteiger partial charge in [-0.1, -0.05) is 33.1 Å². The van der Waals surface area contributed by atoms with E-state index in [-0.39, 0.29) is 12.1 Å². The lowest BCUT2D eigenvalue weighted by atomic mass is 10.00. The topological polar surface area (TPSA) is 32.3 Å². The van der Waals surface area contributed by atoms with E-state index < -0.39 is 0 Å². The van der Waals surface area contributed by atoms with Crippen molar-refractivity contribution in [2.75, 3.05) is 13.2 Å². The van der Waals surface area contributed by atoms with Gasteiger partial charge in [0.25, 0.3) is 0 Å². The van der Waals surface area contributed by atoms with Crippen LogP contribution in [0.4, 0.5) is 0 Å². The molecule has 0 aromatic rings. The summed E-state index contributed by atoms with van der Waals surface area (Å²) >= 11 is 0. The summed E-state index contributed by atoms with van der Waals surface area (Å²) in [5.74, 6) is 0. The maximum atomic E-state index is 9.13. The predicted octanol–water partition coefficient (Wildman–Crippen LogP) is 2.32. The molecule has 0 spiro atoms. The molecule has 13 heavy (non-hydrogen) atoms. The van der Waals surface area contributed by atoms with Gasteiger partial charge in [0.15, 0.2) is 0 Å². The molecule has 2 N–H and O–H groups in total. The molecule has 0 fully saturated rings. The Morgan fingerprint density at radius 3 is 2.31 bits per heavy atom. The fourth-order valence-corrected chi connectivity index (χ4v) is 1.23. The van der Waals surface area contributed by atoms with E-state index in [4.69, 9.17) is 5.11 Å². The first-order valence-corrected chi connectivity index (χ1v) is 5.54. The minimum atomic E-state index is -0.0633. The van der Waals surface area contributed by atoms with Crippen molar-refractivity contribution in [3.8, 4) is 0 Å². The van der Waals surface area contributed by atoms with Gasteiger partial charge >= 0.3 is 0 Å². The normalized spacial score (nSPS) is 15.7. The predicted molar refractivity (Wildman–Crippen MR) is 57.9 cm³/mol. The molecule has 80 valence electrons. The highest BCUT2D eigenvalue weighted by Gasteiger charge is 2.18. The summed E-state index contributed by atoms with van der Waals surface area (Å²) in [5, 5.41) is 12.5. The Labute approximate surface area is 82.7 Å². The molecule has 0 aliphatic rings. The quantitative estimate of drug-likeness (QED) is 0.572. The molecule has 0 aromatic carbocycles. The minimum absolute atomic E-state index is 0.0633. The summed E-state index contributed by atoms with van der Waals surface area (Å²) in [6, 6.07) is 0. The van der Waals surface area contributed by atoms with Crippen LogP contribution in [-0.2, 0) is 0 Å². The highest BCUT2D eigenvalue weighted by atomic mass is 16.3. The van der Waals surface area contributed by atoms with Crippen molar-refractivity contribution >= 4 is 0 Å². The van der Waals surface area contributed by atoms with Gasteiger partial charge in [-0.2, -0.15) is 0 Å². The Bertz CT molecular complexity index is 111. The van der Waals surface area contributed by atoms with Crippen LogP contribution in [-0.4, -0.2) is 23.8 Å². The van der Waals surface area contributed by atoms with Gasteiger partial charge in [-0.3, -0.25) is 0 Å². The van der Waals surface area contributed by atoms with E-state index in [9.17, 15) is 0 Å². The van der Waals surface area contributed by atoms with E-state index >= 15 is 0 Å². The van der Waals surface area contributed by atoms with Gasteiger partial charge in [-0.25, -0.2) is 0 Å². The highest BCUT2D eigenvalue weighted by molar-refractivity contribution is 4.79. The minimum Gasteiger partial charge on any atom is -0.394 e. The molecule has 0 aliphatic carbocycles. The van der Waals surface area contributed by atoms with Crippen LogP contribution < -0.4 is 5.32 Å². The summed E-state index contributed by atoms with van der Waals surface area (Å²) in [6.45, 7) is 7.67. The third-order valence-electron chi connectivity index (χ3n) is 2.71. The average Bonchev–Trinajstić information content (AvgIpc) is 2.17. The molecule has 0 radical (unpaired) electrons. The number of hydrogen-bond acceptors (Lipinski definition) is 2. The monoisotopic (exact) mass is 187 g/mol. The number of aliphatic hydroxyl groups excluding tert-OH is 1. The van der Waals surface area contributed by atoms with Crippen LogP contribution in [0.1, 0.15) is 52.9 Å². The molecular formula is C11H25NO. The highest BCUT2D eigenvalue weighted by Crippen LogP contribution is 2.08. The van der Waals surface area contributed by atoms with Crippen LogP contribution in [0.25, 0.3) is 0 Å². The van der Waals surface area contributed by atoms with Crippen molar-refractivity contribution in [1.29, 1.82) is 0 Å². The second-order valence-electron chi connectivity index (χ2n) is 4.06. The van der Waals surface area contributed by atoms with Gasteiger partial charge in [0.2, 0.25) is 0 Å². The number of aliphatic hydroxyl groups is 1. The maximum Gasteiger partial charge on any atom is 0.0610 e. The zero-order valence-electron chi connectivity index (χ0n) is 9.40. The lowest BCUT2D eigenvalue weighted by Gasteiger charge is -2.27. The first-order valence-electron chi connectivity index (χ1n) is 5.54. The third-order valence-corrected chi connectivity index (χ3v) is 2.71. The van der Waals surface area contributed by atoms with Crippen LogP contribution in [0, 0.1) is 0 Å². The molecule has 2 heteroatoms. The molecular weight excluding hydrogens is 162 g/mol. The van der Waals surface area contributed by atoms with Crippen molar-refractivity contribution in [1.82, 2.24) is 5.32 Å². The van der Waals surface area contributed by atoms with E-state index in [1.807, 2.05) is 0 Å². The molecule has 0 bridgehead atoms. The van der Waals surface area contributed by atoms with Crippen LogP contribution in [0.3, 0.4) is 0 Å². The van der Waals surface area contributed by atoms with Crippen LogP contribution in [0.5, 0.6) is 0 Å². The molecule has 0 amide bonds. The molecule has 0 aliphatic heterocycles. The van der Waals surface area contributed by atoms with Crippen LogP contribution >= 0.6 is 0 Å². The van der Waals surface area contributed by atoms with Crippen molar-refractivity contribution in [2.24, 2.45) is 0 Å². The van der Waals surface area contributed by atoms with Gasteiger partial charge in [-0.15, -0.1) is 0 Å². The zero-order valence-corrected chi connectivity index (χ0v) is 9.40. The van der Waals surface area contributed by atoms with E-state index in [1.54, 1.807) is 0 Å². The van der Waals surface area contributed by atoms with Crippen molar-refractivity contribution < 1.29 is 5.11 Å². The fourth-order valence-electron chi connectivity index (χ4n) is 1.23. The van der Waals surface area contributed by atoms with E-state index in [0.717, 1.165) is 13.0 Å². The first-order chi connectivity index (χ1) is 6.18. The molecule has 0 heterocycles. The Hall–Kier alpha value is -0.0800. The first kappa shape index (κ1) is 12.9. The van der Waals surface area contributed by atoms with Gasteiger partial charge in [0.05, 0.1) is 6.61 Å². The molecule has 1 atom stereocenters. The second kappa shape index (κ2) is 7.34. The van der Waals surface area contributed by atoms with Crippen LogP contribution in [0.2, 0.25) is 0 Å². The number of rotatable bonds is 8. The third kappa shape index (κ3) is 6.05. The molecule has 1 unspecified atom stereocenters. The van der Waals surface area contributed by atoms with E-state index in [0.29, 0.717) is 0 Å². The van der Waals surface area contributed by atoms with Crippen molar-refractivity contribution in [3.05, 3.63) is 0 Å². The number of hydrogen-bond donors (Lipinski definition) is 2. The smallest absolute Gasteiger partial charge is 0.0610 e. The Morgan fingerprint density at radius 2 is 1.85 bits per heavy atom. The largest absolute Gasteiger partial charge is 0.394 e. The molecule has 0 rings (SSSR count). The summed E-state index contributed by atoms with van der Waals surface area (Å²) in [5.41, 5.74) is -0.0633. The Kier molecular flexibility index (Phi) is 7.29. The zero-order chi connectivity index (χ0) is 10.2. The molecule has 0 saturated carbocycles. The molecule has 2 nitrogen and oxygen atoms in total. The van der Waals surface area contributed by atoms with Gasteiger partial charge in [0, 0.05) is 5.54 Å². The van der Waals surface area contributed by atoms with Gasteiger partial charge < -0.3 is 10.4 Å². The fraction of sp³-hybridized carbons (Fsp3) is 1.00. The molecule has 0 aromatic heterocycles. The summed E-state index contributed by atoms with van der Waals surface area (Å²) < 4.78 is 0. The Balaban J connectivity index is 3.39. The van der Waals surface area contributed by atoms with Gasteiger partial charge in [-0.05, 0) is 26.3 Å².